The smallest absolute Gasteiger partial charge is 0.181 e. The van der Waals surface area contributed by atoms with E-state index in [1.54, 1.807) is 0 Å². The van der Waals surface area contributed by atoms with Crippen molar-refractivity contribution in [2.24, 2.45) is 0 Å². The van der Waals surface area contributed by atoms with E-state index in [4.69, 9.17) is 0 Å². The van der Waals surface area contributed by atoms with E-state index in [0.29, 0.717) is 4.47 Å². The van der Waals surface area contributed by atoms with Crippen LogP contribution in [0, 0.1) is 5.82 Å². The lowest BCUT2D eigenvalue weighted by atomic mass is 10.3. The normalized spacial score (nSPS) is 8.92. The Bertz CT molecular complexity index is 305. The summed E-state index contributed by atoms with van der Waals surface area (Å²) in [5.74, 6) is -0.957. The van der Waals surface area contributed by atoms with Crippen LogP contribution >= 0.6 is 28.3 Å². The zero-order chi connectivity index (χ0) is 8.43. The Morgan fingerprint density at radius 3 is 2.67 bits per heavy atom. The van der Waals surface area contributed by atoms with Crippen molar-refractivity contribution in [3.05, 3.63) is 28.2 Å². The fraction of sp³-hybridized carbons (Fsp3) is 0.143. The summed E-state index contributed by atoms with van der Waals surface area (Å²) in [5.41, 5.74) is -0.117. The van der Waals surface area contributed by atoms with Gasteiger partial charge in [-0.15, -0.1) is 12.4 Å². The number of nitrogens with zero attached hydrogens (tertiary/aromatic N) is 1. The molecular formula is C7H6BrClFNO. The van der Waals surface area contributed by atoms with Crippen LogP contribution < -0.4 is 0 Å². The van der Waals surface area contributed by atoms with Gasteiger partial charge in [0.15, 0.2) is 11.6 Å². The maximum absolute atomic E-state index is 12.8. The van der Waals surface area contributed by atoms with Gasteiger partial charge in [-0.3, -0.25) is 4.79 Å². The van der Waals surface area contributed by atoms with Crippen LogP contribution in [0.5, 0.6) is 0 Å². The van der Waals surface area contributed by atoms with Gasteiger partial charge in [-0.05, 0) is 22.0 Å². The fourth-order valence-electron chi connectivity index (χ4n) is 0.674. The highest BCUT2D eigenvalue weighted by Crippen LogP contribution is 2.12. The number of rotatable bonds is 1. The molecule has 0 N–H and O–H groups in total. The van der Waals surface area contributed by atoms with E-state index in [2.05, 4.69) is 20.9 Å². The van der Waals surface area contributed by atoms with Gasteiger partial charge in [-0.1, -0.05) is 0 Å². The molecule has 0 aliphatic carbocycles. The minimum atomic E-state index is -0.591. The van der Waals surface area contributed by atoms with Gasteiger partial charge in [-0.2, -0.15) is 0 Å². The number of ketones is 1. The molecule has 0 aromatic carbocycles. The van der Waals surface area contributed by atoms with Gasteiger partial charge in [0.2, 0.25) is 0 Å². The monoisotopic (exact) mass is 253 g/mol. The second-order valence-electron chi connectivity index (χ2n) is 2.04. The number of halogens is 3. The maximum Gasteiger partial charge on any atom is 0.181 e. The van der Waals surface area contributed by atoms with E-state index in [1.165, 1.54) is 19.2 Å². The average molecular weight is 254 g/mol. The fourth-order valence-corrected chi connectivity index (χ4v) is 0.977. The molecule has 1 aromatic heterocycles. The first kappa shape index (κ1) is 11.5. The Balaban J connectivity index is 0.00000121. The number of hydrogen-bond acceptors (Lipinski definition) is 2. The van der Waals surface area contributed by atoms with Gasteiger partial charge in [0.1, 0.15) is 5.69 Å². The van der Waals surface area contributed by atoms with Gasteiger partial charge >= 0.3 is 0 Å². The molecule has 2 nitrogen and oxygen atoms in total. The van der Waals surface area contributed by atoms with Crippen LogP contribution in [-0.2, 0) is 0 Å². The molecule has 0 spiro atoms. The number of carbonyl (C=O) groups excluding carboxylic acids is 1. The summed E-state index contributed by atoms with van der Waals surface area (Å²) in [6.07, 6.45) is 1.39. The third-order valence-corrected chi connectivity index (χ3v) is 1.57. The molecule has 0 radical (unpaired) electrons. The van der Waals surface area contributed by atoms with Crippen molar-refractivity contribution in [2.75, 3.05) is 0 Å². The van der Waals surface area contributed by atoms with Crippen molar-refractivity contribution in [2.45, 2.75) is 6.92 Å². The molecule has 0 saturated heterocycles. The van der Waals surface area contributed by atoms with Gasteiger partial charge in [0.25, 0.3) is 0 Å². The molecule has 0 aliphatic heterocycles. The van der Waals surface area contributed by atoms with Crippen LogP contribution in [0.4, 0.5) is 4.39 Å². The lowest BCUT2D eigenvalue weighted by Crippen LogP contribution is -2.00. The number of Topliss-reactive ketones (excluding diaryl/α,β-unsaturated/α-hetero) is 1. The van der Waals surface area contributed by atoms with Crippen molar-refractivity contribution in [1.82, 2.24) is 4.98 Å². The molecule has 1 aromatic rings. The van der Waals surface area contributed by atoms with E-state index < -0.39 is 5.82 Å². The number of carbonyl (C=O) groups is 1. The molecule has 0 amide bonds. The van der Waals surface area contributed by atoms with Crippen molar-refractivity contribution < 1.29 is 9.18 Å². The Morgan fingerprint density at radius 1 is 1.67 bits per heavy atom. The van der Waals surface area contributed by atoms with Crippen LogP contribution in [-0.4, -0.2) is 10.8 Å². The maximum atomic E-state index is 12.8. The summed E-state index contributed by atoms with van der Waals surface area (Å²) in [5, 5.41) is 0. The number of pyridine rings is 1. The predicted octanol–water partition coefficient (Wildman–Crippen LogP) is 2.61. The topological polar surface area (TPSA) is 30.0 Å². The highest BCUT2D eigenvalue weighted by molar-refractivity contribution is 9.10. The summed E-state index contributed by atoms with van der Waals surface area (Å²) in [6, 6.07) is 1.21. The molecule has 66 valence electrons. The quantitative estimate of drug-likeness (QED) is 0.721. The molecule has 5 heteroatoms. The van der Waals surface area contributed by atoms with Gasteiger partial charge in [0, 0.05) is 17.6 Å². The van der Waals surface area contributed by atoms with Crippen molar-refractivity contribution in [3.63, 3.8) is 0 Å². The molecule has 0 bridgehead atoms. The molecule has 1 rings (SSSR count). The van der Waals surface area contributed by atoms with Gasteiger partial charge in [0.05, 0.1) is 0 Å². The number of aromatic nitrogens is 1. The number of hydrogen-bond donors (Lipinski definition) is 0. The molecule has 0 unspecified atom stereocenters. The first-order valence-electron chi connectivity index (χ1n) is 2.93. The van der Waals surface area contributed by atoms with Crippen molar-refractivity contribution in [1.29, 1.82) is 0 Å². The van der Waals surface area contributed by atoms with Crippen LogP contribution in [0.1, 0.15) is 17.4 Å². The minimum Gasteiger partial charge on any atom is -0.293 e. The molecular weight excluding hydrogens is 248 g/mol. The Kier molecular flexibility index (Phi) is 4.34. The molecule has 12 heavy (non-hydrogen) atoms. The van der Waals surface area contributed by atoms with Crippen molar-refractivity contribution in [3.8, 4) is 0 Å². The summed E-state index contributed by atoms with van der Waals surface area (Å²) in [6.45, 7) is 1.28. The summed E-state index contributed by atoms with van der Waals surface area (Å²) in [4.78, 5) is 14.3. The molecule has 0 saturated carbocycles. The molecule has 0 atom stereocenters. The van der Waals surface area contributed by atoms with Crippen LogP contribution in [0.2, 0.25) is 0 Å². The largest absolute Gasteiger partial charge is 0.293 e. The minimum absolute atomic E-state index is 0. The van der Waals surface area contributed by atoms with E-state index in [1.807, 2.05) is 0 Å². The molecule has 1 heterocycles. The molecule has 0 fully saturated rings. The second-order valence-corrected chi connectivity index (χ2v) is 2.96. The SMILES string of the molecule is CC(=O)c1ncc(Br)cc1F.Cl. The first-order valence-corrected chi connectivity index (χ1v) is 3.72. The zero-order valence-electron chi connectivity index (χ0n) is 6.17. The van der Waals surface area contributed by atoms with Crippen LogP contribution in [0.15, 0.2) is 16.7 Å². The predicted molar refractivity (Wildman–Crippen MR) is 49.1 cm³/mol. The van der Waals surface area contributed by atoms with Crippen LogP contribution in [0.25, 0.3) is 0 Å². The lowest BCUT2D eigenvalue weighted by Gasteiger charge is -1.96. The Labute approximate surface area is 83.7 Å². The average Bonchev–Trinajstić information content (AvgIpc) is 1.85. The third-order valence-electron chi connectivity index (χ3n) is 1.14. The third kappa shape index (κ3) is 2.53. The highest BCUT2D eigenvalue weighted by atomic mass is 79.9. The van der Waals surface area contributed by atoms with E-state index in [9.17, 15) is 9.18 Å². The summed E-state index contributed by atoms with van der Waals surface area (Å²) >= 11 is 3.03. The molecule has 0 aliphatic rings. The zero-order valence-corrected chi connectivity index (χ0v) is 8.58. The van der Waals surface area contributed by atoms with E-state index >= 15 is 0 Å². The van der Waals surface area contributed by atoms with Crippen molar-refractivity contribution >= 4 is 34.1 Å². The Hall–Kier alpha value is -0.480. The van der Waals surface area contributed by atoms with Crippen LogP contribution in [0.3, 0.4) is 0 Å². The van der Waals surface area contributed by atoms with E-state index in [0.717, 1.165) is 0 Å². The summed E-state index contributed by atoms with van der Waals surface area (Å²) < 4.78 is 13.3. The van der Waals surface area contributed by atoms with Gasteiger partial charge in [-0.25, -0.2) is 9.37 Å². The lowest BCUT2D eigenvalue weighted by molar-refractivity contribution is 0.100. The van der Waals surface area contributed by atoms with Gasteiger partial charge < -0.3 is 0 Å². The first-order chi connectivity index (χ1) is 5.11. The Morgan fingerprint density at radius 2 is 2.25 bits per heavy atom. The second kappa shape index (κ2) is 4.52. The highest BCUT2D eigenvalue weighted by Gasteiger charge is 2.07. The summed E-state index contributed by atoms with van der Waals surface area (Å²) in [7, 11) is 0. The standard InChI is InChI=1S/C7H5BrFNO.ClH/c1-4(11)7-6(9)2-5(8)3-10-7;/h2-3H,1H3;1H. The van der Waals surface area contributed by atoms with E-state index in [-0.39, 0.29) is 23.9 Å².